The smallest absolute Gasteiger partial charge is 0.275 e. The molecule has 12 heteroatoms. The molecule has 2 aromatic heterocycles. The number of hydrogen-bond acceptors (Lipinski definition) is 8. The zero-order valence-corrected chi connectivity index (χ0v) is 17.4. The van der Waals surface area contributed by atoms with Crippen LogP contribution in [-0.4, -0.2) is 47.3 Å². The predicted octanol–water partition coefficient (Wildman–Crippen LogP) is 1.47. The van der Waals surface area contributed by atoms with Crippen molar-refractivity contribution in [1.82, 2.24) is 9.97 Å². The number of aliphatic imine (C=N–C) groups is 1. The Kier molecular flexibility index (Phi) is 5.49. The van der Waals surface area contributed by atoms with Crippen molar-refractivity contribution in [3.05, 3.63) is 53.2 Å². The van der Waals surface area contributed by atoms with Crippen molar-refractivity contribution in [2.45, 2.75) is 24.1 Å². The van der Waals surface area contributed by atoms with Gasteiger partial charge >= 0.3 is 0 Å². The van der Waals surface area contributed by atoms with Crippen molar-refractivity contribution >= 4 is 27.4 Å². The number of nitrogens with two attached hydrogens (primary N) is 1. The van der Waals surface area contributed by atoms with E-state index in [0.29, 0.717) is 0 Å². The Bertz CT molecular complexity index is 1230. The Morgan fingerprint density at radius 1 is 1.32 bits per heavy atom. The van der Waals surface area contributed by atoms with Gasteiger partial charge in [-0.15, -0.1) is 0 Å². The van der Waals surface area contributed by atoms with Gasteiger partial charge in [0.15, 0.2) is 14.6 Å². The number of amidine groups is 1. The van der Waals surface area contributed by atoms with E-state index in [1.54, 1.807) is 0 Å². The molecule has 0 unspecified atom stereocenters. The molecule has 3 heterocycles. The average molecular weight is 448 g/mol. The minimum atomic E-state index is -4.14. The number of pyridine rings is 2. The number of anilines is 1. The quantitative estimate of drug-likeness (QED) is 0.718. The van der Waals surface area contributed by atoms with Crippen LogP contribution >= 0.6 is 0 Å². The molecule has 31 heavy (non-hydrogen) atoms. The number of halogens is 2. The molecule has 1 aliphatic heterocycles. The molecular weight excluding hydrogens is 430 g/mol. The monoisotopic (exact) mass is 448 g/mol. The van der Waals surface area contributed by atoms with Gasteiger partial charge in [-0.2, -0.15) is 5.26 Å². The van der Waals surface area contributed by atoms with E-state index < -0.39 is 50.1 Å². The molecule has 0 radical (unpaired) electrons. The molecular formula is C19H18F2N6O3S. The normalized spacial score (nSPS) is 24.7. The first-order valence-corrected chi connectivity index (χ1v) is 10.6. The molecule has 1 aliphatic rings. The lowest BCUT2D eigenvalue weighted by molar-refractivity contribution is 0.102. The molecule has 2 atom stereocenters. The summed E-state index contributed by atoms with van der Waals surface area (Å²) in [5.74, 6) is -2.84. The molecule has 9 nitrogen and oxygen atoms in total. The van der Waals surface area contributed by atoms with Crippen LogP contribution in [0.2, 0.25) is 0 Å². The third kappa shape index (κ3) is 3.84. The van der Waals surface area contributed by atoms with Gasteiger partial charge < -0.3 is 11.1 Å². The summed E-state index contributed by atoms with van der Waals surface area (Å²) in [6.45, 7) is 1.16. The van der Waals surface area contributed by atoms with E-state index in [4.69, 9.17) is 11.0 Å². The maximum atomic E-state index is 14.6. The summed E-state index contributed by atoms with van der Waals surface area (Å²) in [5, 5.41) is 11.2. The number of alkyl halides is 1. The van der Waals surface area contributed by atoms with E-state index >= 15 is 0 Å². The number of aromatic nitrogens is 2. The second kappa shape index (κ2) is 7.66. The molecule has 0 fully saturated rings. The van der Waals surface area contributed by atoms with Crippen LogP contribution in [0.25, 0.3) is 0 Å². The Morgan fingerprint density at radius 3 is 2.58 bits per heavy atom. The van der Waals surface area contributed by atoms with E-state index in [-0.39, 0.29) is 22.8 Å². The maximum Gasteiger partial charge on any atom is 0.275 e. The number of nitriles is 1. The second-order valence-electron chi connectivity index (χ2n) is 7.42. The van der Waals surface area contributed by atoms with Gasteiger partial charge in [0.05, 0.1) is 11.3 Å². The van der Waals surface area contributed by atoms with E-state index in [1.807, 2.05) is 6.07 Å². The molecule has 162 valence electrons. The van der Waals surface area contributed by atoms with Crippen LogP contribution in [0.15, 0.2) is 35.5 Å². The zero-order valence-electron chi connectivity index (χ0n) is 16.6. The van der Waals surface area contributed by atoms with E-state index in [1.165, 1.54) is 31.3 Å². The van der Waals surface area contributed by atoms with Crippen molar-refractivity contribution in [2.75, 3.05) is 17.7 Å². The highest BCUT2D eigenvalue weighted by Gasteiger charge is 2.53. The summed E-state index contributed by atoms with van der Waals surface area (Å²) in [6, 6.07) is 6.78. The summed E-state index contributed by atoms with van der Waals surface area (Å²) in [5.41, 5.74) is 3.91. The lowest BCUT2D eigenvalue weighted by atomic mass is 9.98. The van der Waals surface area contributed by atoms with Crippen molar-refractivity contribution in [3.8, 4) is 6.07 Å². The third-order valence-corrected chi connectivity index (χ3v) is 7.68. The zero-order chi connectivity index (χ0) is 23.0. The van der Waals surface area contributed by atoms with Crippen LogP contribution in [0.5, 0.6) is 0 Å². The summed E-state index contributed by atoms with van der Waals surface area (Å²) in [7, 11) is -4.14. The molecule has 0 saturated carbocycles. The SMILES string of the molecule is C[C@]1(CF)C(N)=N[C@](C)(c2nc(NC(=O)c3ccc(C#N)cn3)ccc2F)CS1(=O)=O. The van der Waals surface area contributed by atoms with Gasteiger partial charge in [-0.25, -0.2) is 27.2 Å². The number of nitrogens with one attached hydrogen (secondary N) is 1. The van der Waals surface area contributed by atoms with Gasteiger partial charge in [0.25, 0.3) is 5.91 Å². The number of carbonyl (C=O) groups is 1. The maximum absolute atomic E-state index is 14.6. The summed E-state index contributed by atoms with van der Waals surface area (Å²) in [4.78, 5) is 24.3. The first-order valence-electron chi connectivity index (χ1n) is 8.94. The van der Waals surface area contributed by atoms with Gasteiger partial charge in [-0.3, -0.25) is 9.79 Å². The van der Waals surface area contributed by atoms with Crippen LogP contribution in [-0.2, 0) is 15.4 Å². The largest absolute Gasteiger partial charge is 0.386 e. The lowest BCUT2D eigenvalue weighted by Crippen LogP contribution is -2.58. The number of carbonyl (C=O) groups excluding carboxylic acids is 1. The molecule has 2 aromatic rings. The minimum absolute atomic E-state index is 0.0147. The molecule has 0 aliphatic carbocycles. The highest BCUT2D eigenvalue weighted by molar-refractivity contribution is 7.93. The third-order valence-electron chi connectivity index (χ3n) is 5.04. The highest BCUT2D eigenvalue weighted by Crippen LogP contribution is 2.37. The van der Waals surface area contributed by atoms with Crippen molar-refractivity contribution in [1.29, 1.82) is 5.26 Å². The van der Waals surface area contributed by atoms with Crippen LogP contribution in [0, 0.1) is 17.1 Å². The number of nitrogens with zero attached hydrogens (tertiary/aromatic N) is 4. The first kappa shape index (κ1) is 22.2. The van der Waals surface area contributed by atoms with E-state index in [2.05, 4.69) is 20.3 Å². The Labute approximate surface area is 177 Å². The standard InChI is InChI=1S/C19H18F2N6O3S/c1-18(10-31(29,30)19(2,9-20)17(23)27-18)15-12(21)4-6-14(25-15)26-16(28)13-5-3-11(7-22)8-24-13/h3-6,8H,9-10H2,1-2H3,(H2,23,27)(H,25,26,28)/t18-,19-/m0/s1. The predicted molar refractivity (Wildman–Crippen MR) is 108 cm³/mol. The molecule has 3 N–H and O–H groups in total. The number of amides is 1. The highest BCUT2D eigenvalue weighted by atomic mass is 32.2. The number of hydrogen-bond donors (Lipinski definition) is 2. The van der Waals surface area contributed by atoms with Gasteiger partial charge in [-0.05, 0) is 38.1 Å². The topological polar surface area (TPSA) is 151 Å². The van der Waals surface area contributed by atoms with E-state index in [9.17, 15) is 22.0 Å². The Morgan fingerprint density at radius 2 is 2.03 bits per heavy atom. The second-order valence-corrected chi connectivity index (χ2v) is 9.84. The number of sulfone groups is 1. The van der Waals surface area contributed by atoms with Crippen LogP contribution in [0.1, 0.15) is 35.6 Å². The Balaban J connectivity index is 1.97. The fourth-order valence-corrected chi connectivity index (χ4v) is 4.83. The van der Waals surface area contributed by atoms with Crippen LogP contribution in [0.3, 0.4) is 0 Å². The first-order chi connectivity index (χ1) is 14.5. The van der Waals surface area contributed by atoms with Crippen LogP contribution in [0.4, 0.5) is 14.6 Å². The Hall–Kier alpha value is -3.46. The van der Waals surface area contributed by atoms with Gasteiger partial charge in [0, 0.05) is 6.20 Å². The van der Waals surface area contributed by atoms with Crippen molar-refractivity contribution in [2.24, 2.45) is 10.7 Å². The summed E-state index contributed by atoms with van der Waals surface area (Å²) < 4.78 is 51.4. The van der Waals surface area contributed by atoms with Gasteiger partial charge in [0.2, 0.25) is 0 Å². The fourth-order valence-electron chi connectivity index (χ4n) is 3.04. The lowest BCUT2D eigenvalue weighted by Gasteiger charge is -2.37. The molecule has 0 bridgehead atoms. The molecule has 0 spiro atoms. The fraction of sp³-hybridized carbons (Fsp3) is 0.316. The summed E-state index contributed by atoms with van der Waals surface area (Å²) in [6.07, 6.45) is 1.21. The molecule has 3 rings (SSSR count). The van der Waals surface area contributed by atoms with E-state index in [0.717, 1.165) is 13.0 Å². The molecule has 0 saturated heterocycles. The average Bonchev–Trinajstić information content (AvgIpc) is 2.72. The van der Waals surface area contributed by atoms with Crippen molar-refractivity contribution in [3.63, 3.8) is 0 Å². The molecule has 0 aromatic carbocycles. The van der Waals surface area contributed by atoms with Gasteiger partial charge in [-0.1, -0.05) is 0 Å². The van der Waals surface area contributed by atoms with Crippen LogP contribution < -0.4 is 11.1 Å². The van der Waals surface area contributed by atoms with Crippen molar-refractivity contribution < 1.29 is 22.0 Å². The van der Waals surface area contributed by atoms with Gasteiger partial charge in [0.1, 0.15) is 47.1 Å². The minimum Gasteiger partial charge on any atom is -0.386 e. The summed E-state index contributed by atoms with van der Waals surface area (Å²) >= 11 is 0. The molecule has 1 amide bonds. The number of rotatable bonds is 4.